The summed E-state index contributed by atoms with van der Waals surface area (Å²) in [5.41, 5.74) is 4.28. The van der Waals surface area contributed by atoms with E-state index in [-0.39, 0.29) is 42.0 Å². The summed E-state index contributed by atoms with van der Waals surface area (Å²) >= 11 is 9.90. The summed E-state index contributed by atoms with van der Waals surface area (Å²) in [6.45, 7) is 8.50. The second kappa shape index (κ2) is 20.1. The molecule has 3 aromatic carbocycles. The summed E-state index contributed by atoms with van der Waals surface area (Å²) in [5, 5.41) is 14.6. The quantitative estimate of drug-likeness (QED) is 0.0767. The van der Waals surface area contributed by atoms with E-state index in [9.17, 15) is 23.3 Å². The predicted molar refractivity (Wildman–Crippen MR) is 274 cm³/mol. The summed E-state index contributed by atoms with van der Waals surface area (Å²) in [6, 6.07) is 12.4. The number of halogens is 4. The van der Waals surface area contributed by atoms with E-state index in [0.29, 0.717) is 82.3 Å². The summed E-state index contributed by atoms with van der Waals surface area (Å²) in [6.07, 6.45) is 9.67. The first kappa shape index (κ1) is 49.0. The van der Waals surface area contributed by atoms with Crippen molar-refractivity contribution in [3.05, 3.63) is 87.7 Å². The van der Waals surface area contributed by atoms with Gasteiger partial charge in [-0.15, -0.1) is 0 Å². The monoisotopic (exact) mass is 1070 g/mol. The van der Waals surface area contributed by atoms with Gasteiger partial charge in [-0.3, -0.25) is 29.3 Å². The number of aromatic nitrogens is 4. The molecule has 4 saturated heterocycles. The number of piperidine rings is 2. The maximum Gasteiger partial charge on any atom is 0.229 e. The molecule has 4 aliphatic heterocycles. The number of carbonyl (C=O) groups is 3. The highest BCUT2D eigenvalue weighted by molar-refractivity contribution is 9.10. The number of nitrogens with zero attached hydrogens (tertiary/aromatic N) is 8. The van der Waals surface area contributed by atoms with Gasteiger partial charge in [0.05, 0.1) is 39.8 Å². The Morgan fingerprint density at radius 3 is 2.30 bits per heavy atom. The van der Waals surface area contributed by atoms with E-state index in [1.807, 2.05) is 24.3 Å². The Balaban J connectivity index is 0.797. The van der Waals surface area contributed by atoms with E-state index in [2.05, 4.69) is 63.9 Å². The maximum atomic E-state index is 16.0. The van der Waals surface area contributed by atoms with Crippen molar-refractivity contribution in [2.45, 2.75) is 63.0 Å². The van der Waals surface area contributed by atoms with Gasteiger partial charge in [0.15, 0.2) is 5.82 Å². The third-order valence-corrected chi connectivity index (χ3v) is 16.5. The van der Waals surface area contributed by atoms with E-state index in [0.717, 1.165) is 68.7 Å². The van der Waals surface area contributed by atoms with Gasteiger partial charge in [-0.05, 0) is 97.8 Å². The Bertz CT molecular complexity index is 2920. The van der Waals surface area contributed by atoms with E-state index in [1.54, 1.807) is 47.3 Å². The molecule has 3 amide bonds. The molecule has 5 aliphatic rings. The second-order valence-corrected chi connectivity index (χ2v) is 24.1. The number of nitrogens with one attached hydrogen (secondary N) is 3. The third kappa shape index (κ3) is 10.8. The average molecular weight is 1080 g/mol. The third-order valence-electron chi connectivity index (χ3n) is 14.2. The number of hydrogen-bond donors (Lipinski definition) is 3. The van der Waals surface area contributed by atoms with Crippen molar-refractivity contribution in [1.29, 1.82) is 0 Å². The molecule has 0 radical (unpaired) electrons. The maximum absolute atomic E-state index is 16.0. The standard InChI is InChI=1S/C50H56BrClF2N11O5P/c1-61-27-31(25-56-61)35-23-39(58-50-55-26-36(51)48(60-50)57-38-8-4-32(52)22-43(38)71(2,3)69)42(70-34-5-6-34)24-41(35)63-14-11-33(12-15-63)62-16-18-64(19-17-62)49(68)29-10-13-65(28-29)40-9-7-37(53)46(47(40)54)30-20-44(66)59-45(67)21-30/h4,7-9,22-27,29-30,33-34H,5-6,10-21,28H2,1-3H3,(H,59,66,67)(H2,55,57,58,60)/t29-/m1/s1. The lowest BCUT2D eigenvalue weighted by Crippen LogP contribution is -2.55. The van der Waals surface area contributed by atoms with Crippen molar-refractivity contribution >= 4 is 92.2 Å². The molecule has 0 bridgehead atoms. The van der Waals surface area contributed by atoms with Crippen LogP contribution in [0.15, 0.2) is 65.5 Å². The molecular formula is C50H56BrClF2N11O5P. The number of ether oxygens (including phenoxy) is 1. The van der Waals surface area contributed by atoms with Crippen molar-refractivity contribution in [3.63, 3.8) is 0 Å². The smallest absolute Gasteiger partial charge is 0.229 e. The largest absolute Gasteiger partial charge is 0.488 e. The Morgan fingerprint density at radius 2 is 1.61 bits per heavy atom. The zero-order valence-electron chi connectivity index (χ0n) is 39.8. The minimum absolute atomic E-state index is 0.0470. The molecule has 6 heterocycles. The lowest BCUT2D eigenvalue weighted by Gasteiger charge is -2.44. The molecule has 5 fully saturated rings. The number of piperazine rings is 1. The Morgan fingerprint density at radius 1 is 0.873 bits per heavy atom. The number of carbonyl (C=O) groups excluding carboxylic acids is 3. The van der Waals surface area contributed by atoms with Crippen molar-refractivity contribution in [2.75, 3.05) is 86.1 Å². The highest BCUT2D eigenvalue weighted by atomic mass is 79.9. The lowest BCUT2D eigenvalue weighted by molar-refractivity contribution is -0.137. The van der Waals surface area contributed by atoms with Gasteiger partial charge in [0.2, 0.25) is 23.7 Å². The van der Waals surface area contributed by atoms with E-state index >= 15 is 4.39 Å². The Kier molecular flexibility index (Phi) is 13.9. The average Bonchev–Trinajstić information content (AvgIpc) is 3.83. The number of rotatable bonds is 13. The fourth-order valence-corrected chi connectivity index (χ4v) is 12.1. The molecular weight excluding hydrogens is 1020 g/mol. The van der Waals surface area contributed by atoms with Gasteiger partial charge in [-0.2, -0.15) is 10.1 Å². The first-order valence-electron chi connectivity index (χ1n) is 24.1. The van der Waals surface area contributed by atoms with Crippen molar-refractivity contribution in [1.82, 2.24) is 34.9 Å². The lowest BCUT2D eigenvalue weighted by atomic mass is 9.88. The van der Waals surface area contributed by atoms with Crippen LogP contribution < -0.4 is 35.8 Å². The van der Waals surface area contributed by atoms with Gasteiger partial charge < -0.3 is 34.6 Å². The van der Waals surface area contributed by atoms with Crippen LogP contribution >= 0.6 is 34.7 Å². The van der Waals surface area contributed by atoms with Gasteiger partial charge in [0.1, 0.15) is 24.5 Å². The second-order valence-electron chi connectivity index (χ2n) is 19.6. The predicted octanol–water partition coefficient (Wildman–Crippen LogP) is 8.01. The minimum Gasteiger partial charge on any atom is -0.488 e. The number of hydrogen-bond acceptors (Lipinski definition) is 13. The number of imide groups is 1. The SMILES string of the molecule is Cn1cc(-c2cc(Nc3ncc(Br)c(Nc4ccc(Cl)cc4P(C)(C)=O)n3)c(OC3CC3)cc2N2CCC(N3CCN(C(=O)[C@@H]4CCN(c5ccc(F)c(C6CC(=O)NC(=O)C6)c5F)C4)CC3)CC2)cn1. The van der Waals surface area contributed by atoms with Crippen LogP contribution in [0.1, 0.15) is 56.4 Å². The normalized spacial score (nSPS) is 19.6. The van der Waals surface area contributed by atoms with Crippen LogP contribution in [-0.4, -0.2) is 125 Å². The van der Waals surface area contributed by atoms with Crippen LogP contribution in [0.25, 0.3) is 11.1 Å². The van der Waals surface area contributed by atoms with Crippen LogP contribution in [0.4, 0.5) is 43.3 Å². The molecule has 2 aromatic heterocycles. The van der Waals surface area contributed by atoms with Crippen LogP contribution in [0.2, 0.25) is 5.02 Å². The van der Waals surface area contributed by atoms with Crippen LogP contribution in [0.3, 0.4) is 0 Å². The topological polar surface area (TPSA) is 170 Å². The molecule has 1 aliphatic carbocycles. The molecule has 374 valence electrons. The zero-order valence-corrected chi connectivity index (χ0v) is 43.0. The summed E-state index contributed by atoms with van der Waals surface area (Å²) in [7, 11) is -0.796. The molecule has 21 heteroatoms. The minimum atomic E-state index is -2.70. The number of anilines is 6. The van der Waals surface area contributed by atoms with E-state index < -0.39 is 36.5 Å². The molecule has 10 rings (SSSR count). The van der Waals surface area contributed by atoms with Gasteiger partial charge >= 0.3 is 0 Å². The summed E-state index contributed by atoms with van der Waals surface area (Å²) < 4.78 is 53.2. The van der Waals surface area contributed by atoms with Gasteiger partial charge in [-0.25, -0.2) is 13.8 Å². The number of aryl methyl sites for hydroxylation is 1. The first-order valence-corrected chi connectivity index (χ1v) is 27.9. The highest BCUT2D eigenvalue weighted by Gasteiger charge is 2.38. The van der Waals surface area contributed by atoms with Gasteiger partial charge in [0.25, 0.3) is 0 Å². The van der Waals surface area contributed by atoms with Crippen LogP contribution in [0.5, 0.6) is 5.75 Å². The first-order chi connectivity index (χ1) is 34.0. The molecule has 1 saturated carbocycles. The molecule has 1 atom stereocenters. The van der Waals surface area contributed by atoms with Crippen LogP contribution in [0, 0.1) is 17.6 Å². The van der Waals surface area contributed by atoms with E-state index in [1.165, 1.54) is 12.1 Å². The Labute approximate surface area is 424 Å². The van der Waals surface area contributed by atoms with Crippen LogP contribution in [-0.2, 0) is 26.0 Å². The van der Waals surface area contributed by atoms with E-state index in [4.69, 9.17) is 21.3 Å². The zero-order chi connectivity index (χ0) is 49.7. The molecule has 0 spiro atoms. The van der Waals surface area contributed by atoms with Gasteiger partial charge in [-0.1, -0.05) is 11.6 Å². The molecule has 5 aromatic rings. The Hall–Kier alpha value is -5.62. The number of benzene rings is 3. The van der Waals surface area contributed by atoms with Crippen molar-refractivity contribution in [2.24, 2.45) is 13.0 Å². The summed E-state index contributed by atoms with van der Waals surface area (Å²) in [5.74, 6) is -2.30. The molecule has 71 heavy (non-hydrogen) atoms. The highest BCUT2D eigenvalue weighted by Crippen LogP contribution is 2.45. The summed E-state index contributed by atoms with van der Waals surface area (Å²) in [4.78, 5) is 56.0. The fraction of sp³-hybridized carbons (Fsp3) is 0.440. The van der Waals surface area contributed by atoms with Crippen molar-refractivity contribution in [3.8, 4) is 16.9 Å². The van der Waals surface area contributed by atoms with Gasteiger partial charge in [0, 0.05) is 135 Å². The molecule has 3 N–H and O–H groups in total. The molecule has 0 unspecified atom stereocenters. The number of amides is 3. The molecule has 16 nitrogen and oxygen atoms in total. The van der Waals surface area contributed by atoms with Crippen molar-refractivity contribution < 1.29 is 32.5 Å². The fourth-order valence-electron chi connectivity index (χ4n) is 10.4.